The molecule has 0 spiro atoms. The molecule has 0 aliphatic rings. The van der Waals surface area contributed by atoms with E-state index in [1.807, 2.05) is 0 Å². The maximum Gasteiger partial charge on any atom is 0.412 e. The van der Waals surface area contributed by atoms with Crippen LogP contribution in [0, 0.1) is 15.9 Å². The third-order valence-electron chi connectivity index (χ3n) is 3.39. The molecule has 0 bridgehead atoms. The number of nitrogens with one attached hydrogen (secondary N) is 2. The van der Waals surface area contributed by atoms with Crippen LogP contribution in [-0.4, -0.2) is 22.5 Å². The number of rotatable bonds is 5. The maximum atomic E-state index is 12.9. The Labute approximate surface area is 160 Å². The fraction of sp³-hybridized carbons (Fsp3) is 0.263. The molecular formula is C19H20FN3O5. The van der Waals surface area contributed by atoms with Gasteiger partial charge in [0.05, 0.1) is 17.0 Å². The summed E-state index contributed by atoms with van der Waals surface area (Å²) in [5, 5.41) is 16.2. The summed E-state index contributed by atoms with van der Waals surface area (Å²) in [4.78, 5) is 34.6. The molecule has 0 aliphatic heterocycles. The van der Waals surface area contributed by atoms with Gasteiger partial charge in [0.1, 0.15) is 17.1 Å². The number of nitro benzene ring substituents is 1. The molecule has 2 rings (SSSR count). The molecule has 9 heteroatoms. The van der Waals surface area contributed by atoms with Gasteiger partial charge in [-0.15, -0.1) is 0 Å². The van der Waals surface area contributed by atoms with Gasteiger partial charge in [0.25, 0.3) is 5.69 Å². The van der Waals surface area contributed by atoms with Crippen LogP contribution >= 0.6 is 0 Å². The molecule has 8 nitrogen and oxygen atoms in total. The Bertz CT molecular complexity index is 891. The van der Waals surface area contributed by atoms with Crippen molar-refractivity contribution < 1.29 is 23.6 Å². The number of anilines is 2. The molecule has 148 valence electrons. The van der Waals surface area contributed by atoms with Crippen LogP contribution in [0.1, 0.15) is 26.3 Å². The first kappa shape index (κ1) is 20.8. The lowest BCUT2D eigenvalue weighted by atomic mass is 10.1. The summed E-state index contributed by atoms with van der Waals surface area (Å²) in [5.74, 6) is -0.921. The lowest BCUT2D eigenvalue weighted by Crippen LogP contribution is -2.27. The van der Waals surface area contributed by atoms with Crippen molar-refractivity contribution in [2.24, 2.45) is 0 Å². The molecular weight excluding hydrogens is 369 g/mol. The number of hydrogen-bond acceptors (Lipinski definition) is 5. The van der Waals surface area contributed by atoms with Crippen LogP contribution in [0.3, 0.4) is 0 Å². The van der Waals surface area contributed by atoms with E-state index >= 15 is 0 Å². The standard InChI is InChI=1S/C19H20FN3O5/c1-19(2,3)28-18(25)21-14-8-9-15(16(11-14)23(26)27)22-17(24)10-12-4-6-13(20)7-5-12/h4-9,11H,10H2,1-3H3,(H,21,25)(H,22,24). The number of ether oxygens (including phenoxy) is 1. The van der Waals surface area contributed by atoms with Crippen molar-refractivity contribution in [3.05, 3.63) is 64.0 Å². The van der Waals surface area contributed by atoms with E-state index in [9.17, 15) is 24.1 Å². The molecule has 2 N–H and O–H groups in total. The average Bonchev–Trinajstić information content (AvgIpc) is 2.56. The molecule has 0 aliphatic carbocycles. The second kappa shape index (κ2) is 8.47. The van der Waals surface area contributed by atoms with Crippen molar-refractivity contribution in [3.8, 4) is 0 Å². The quantitative estimate of drug-likeness (QED) is 0.586. The Balaban J connectivity index is 2.11. The van der Waals surface area contributed by atoms with Crippen LogP contribution in [0.5, 0.6) is 0 Å². The second-order valence-electron chi connectivity index (χ2n) is 6.97. The summed E-state index contributed by atoms with van der Waals surface area (Å²) < 4.78 is 18.0. The van der Waals surface area contributed by atoms with Crippen LogP contribution < -0.4 is 10.6 Å². The van der Waals surface area contributed by atoms with Gasteiger partial charge >= 0.3 is 6.09 Å². The molecule has 0 atom stereocenters. The summed E-state index contributed by atoms with van der Waals surface area (Å²) in [5.41, 5.74) is -0.417. The van der Waals surface area contributed by atoms with Crippen molar-refractivity contribution >= 4 is 29.1 Å². The predicted octanol–water partition coefficient (Wildman–Crippen LogP) is 4.26. The zero-order chi connectivity index (χ0) is 20.9. The summed E-state index contributed by atoms with van der Waals surface area (Å²) in [6.45, 7) is 5.07. The van der Waals surface area contributed by atoms with Gasteiger partial charge in [-0.05, 0) is 50.6 Å². The molecule has 0 saturated carbocycles. The smallest absolute Gasteiger partial charge is 0.412 e. The zero-order valence-corrected chi connectivity index (χ0v) is 15.6. The molecule has 0 unspecified atom stereocenters. The van der Waals surface area contributed by atoms with Crippen LogP contribution in [-0.2, 0) is 16.0 Å². The van der Waals surface area contributed by atoms with Crippen molar-refractivity contribution in [3.63, 3.8) is 0 Å². The van der Waals surface area contributed by atoms with E-state index in [1.54, 1.807) is 20.8 Å². The Morgan fingerprint density at radius 2 is 1.75 bits per heavy atom. The number of hydrogen-bond donors (Lipinski definition) is 2. The number of amides is 2. The van der Waals surface area contributed by atoms with Crippen molar-refractivity contribution in [2.75, 3.05) is 10.6 Å². The van der Waals surface area contributed by atoms with E-state index in [4.69, 9.17) is 4.74 Å². The van der Waals surface area contributed by atoms with Crippen molar-refractivity contribution in [1.29, 1.82) is 0 Å². The molecule has 0 fully saturated rings. The summed E-state index contributed by atoms with van der Waals surface area (Å²) >= 11 is 0. The minimum absolute atomic E-state index is 0.0214. The third-order valence-corrected chi connectivity index (χ3v) is 3.39. The van der Waals surface area contributed by atoms with Gasteiger partial charge in [0, 0.05) is 6.07 Å². The zero-order valence-electron chi connectivity index (χ0n) is 15.6. The van der Waals surface area contributed by atoms with Gasteiger partial charge in [-0.2, -0.15) is 0 Å². The highest BCUT2D eigenvalue weighted by atomic mass is 19.1. The SMILES string of the molecule is CC(C)(C)OC(=O)Nc1ccc(NC(=O)Cc2ccc(F)cc2)c([N+](=O)[O-])c1. The van der Waals surface area contributed by atoms with Gasteiger partial charge in [0.15, 0.2) is 0 Å². The van der Waals surface area contributed by atoms with Gasteiger partial charge in [-0.1, -0.05) is 12.1 Å². The Morgan fingerprint density at radius 1 is 1.11 bits per heavy atom. The fourth-order valence-electron chi connectivity index (χ4n) is 2.27. The minimum Gasteiger partial charge on any atom is -0.444 e. The average molecular weight is 389 g/mol. The van der Waals surface area contributed by atoms with Crippen molar-refractivity contribution in [2.45, 2.75) is 32.8 Å². The largest absolute Gasteiger partial charge is 0.444 e. The molecule has 28 heavy (non-hydrogen) atoms. The lowest BCUT2D eigenvalue weighted by molar-refractivity contribution is -0.383. The maximum absolute atomic E-state index is 12.9. The van der Waals surface area contributed by atoms with Crippen LogP contribution in [0.25, 0.3) is 0 Å². The molecule has 2 aromatic rings. The number of carbonyl (C=O) groups is 2. The highest BCUT2D eigenvalue weighted by Gasteiger charge is 2.20. The molecule has 0 radical (unpaired) electrons. The molecule has 0 aromatic heterocycles. The van der Waals surface area contributed by atoms with E-state index in [0.29, 0.717) is 5.56 Å². The van der Waals surface area contributed by atoms with Crippen LogP contribution in [0.4, 0.5) is 26.2 Å². The first-order chi connectivity index (χ1) is 13.0. The summed E-state index contributed by atoms with van der Waals surface area (Å²) in [6.07, 6.45) is -0.829. The van der Waals surface area contributed by atoms with Crippen LogP contribution in [0.15, 0.2) is 42.5 Å². The monoisotopic (exact) mass is 389 g/mol. The van der Waals surface area contributed by atoms with Gasteiger partial charge in [-0.3, -0.25) is 20.2 Å². The number of benzene rings is 2. The first-order valence-corrected chi connectivity index (χ1v) is 8.36. The fourth-order valence-corrected chi connectivity index (χ4v) is 2.27. The van der Waals surface area contributed by atoms with Crippen molar-refractivity contribution in [1.82, 2.24) is 0 Å². The number of nitrogens with zero attached hydrogens (tertiary/aromatic N) is 1. The van der Waals surface area contributed by atoms with Gasteiger partial charge in [0.2, 0.25) is 5.91 Å². The van der Waals surface area contributed by atoms with E-state index in [2.05, 4.69) is 10.6 Å². The molecule has 2 amide bonds. The number of nitro groups is 1. The lowest BCUT2D eigenvalue weighted by Gasteiger charge is -2.19. The third kappa shape index (κ3) is 6.35. The predicted molar refractivity (Wildman–Crippen MR) is 102 cm³/mol. The minimum atomic E-state index is -0.755. The first-order valence-electron chi connectivity index (χ1n) is 8.36. The highest BCUT2D eigenvalue weighted by molar-refractivity contribution is 5.95. The van der Waals surface area contributed by atoms with Crippen LogP contribution in [0.2, 0.25) is 0 Å². The van der Waals surface area contributed by atoms with E-state index < -0.39 is 28.3 Å². The van der Waals surface area contributed by atoms with Gasteiger partial charge in [-0.25, -0.2) is 9.18 Å². The Hall–Kier alpha value is -3.49. The number of halogens is 1. The van der Waals surface area contributed by atoms with Gasteiger partial charge < -0.3 is 10.1 Å². The second-order valence-corrected chi connectivity index (χ2v) is 6.97. The Morgan fingerprint density at radius 3 is 2.32 bits per heavy atom. The molecule has 0 saturated heterocycles. The number of carbonyl (C=O) groups excluding carboxylic acids is 2. The van der Waals surface area contributed by atoms with E-state index in [-0.39, 0.29) is 23.5 Å². The summed E-state index contributed by atoms with van der Waals surface area (Å²) in [7, 11) is 0. The topological polar surface area (TPSA) is 111 Å². The van der Waals surface area contributed by atoms with E-state index in [1.165, 1.54) is 36.4 Å². The van der Waals surface area contributed by atoms with E-state index in [0.717, 1.165) is 6.07 Å². The normalized spacial score (nSPS) is 10.9. The Kier molecular flexibility index (Phi) is 6.29. The highest BCUT2D eigenvalue weighted by Crippen LogP contribution is 2.28. The molecule has 2 aromatic carbocycles. The molecule has 0 heterocycles. The summed E-state index contributed by atoms with van der Waals surface area (Å²) in [6, 6.07) is 9.20.